The predicted octanol–water partition coefficient (Wildman–Crippen LogP) is 2.66. The van der Waals surface area contributed by atoms with Crippen molar-refractivity contribution in [3.8, 4) is 5.75 Å². The number of hydrogen-bond acceptors (Lipinski definition) is 5. The summed E-state index contributed by atoms with van der Waals surface area (Å²) in [5.41, 5.74) is 0.900. The summed E-state index contributed by atoms with van der Waals surface area (Å²) in [5.74, 6) is 0.607. The highest BCUT2D eigenvalue weighted by Crippen LogP contribution is 2.34. The van der Waals surface area contributed by atoms with Crippen molar-refractivity contribution in [3.63, 3.8) is 0 Å². The van der Waals surface area contributed by atoms with Crippen molar-refractivity contribution in [1.29, 1.82) is 0 Å². The monoisotopic (exact) mass is 248 g/mol. The Morgan fingerprint density at radius 1 is 1.47 bits per heavy atom. The number of rotatable bonds is 2. The van der Waals surface area contributed by atoms with Gasteiger partial charge in [0.25, 0.3) is 0 Å². The lowest BCUT2D eigenvalue weighted by molar-refractivity contribution is -0.141. The number of nitrogens with one attached hydrogen (secondary N) is 1. The molecule has 1 aromatic carbocycles. The molecule has 0 saturated heterocycles. The number of carbonyl (C=O) groups is 1. The van der Waals surface area contributed by atoms with Crippen molar-refractivity contribution in [2.24, 2.45) is 10.9 Å². The standard InChI is InChI=1S/C12H12N2O2S/c15-12(8-2-1-3-8)16-9-4-5-10-11(6-9)17-14-7-13-10/h4-8H,1-3H2,(H,13,14). The SMILES string of the molecule is O=C(Oc1ccc2c(c1)SNC=N2)C1CCC1. The molecule has 0 aromatic heterocycles. The van der Waals surface area contributed by atoms with Gasteiger partial charge in [-0.1, -0.05) is 6.42 Å². The van der Waals surface area contributed by atoms with Crippen LogP contribution >= 0.6 is 11.9 Å². The zero-order valence-corrected chi connectivity index (χ0v) is 10.00. The van der Waals surface area contributed by atoms with E-state index in [1.54, 1.807) is 12.4 Å². The maximum atomic E-state index is 11.7. The lowest BCUT2D eigenvalue weighted by atomic mass is 9.86. The van der Waals surface area contributed by atoms with Gasteiger partial charge in [-0.15, -0.1) is 0 Å². The Labute approximate surface area is 104 Å². The molecule has 0 spiro atoms. The number of esters is 1. The first kappa shape index (κ1) is 10.7. The summed E-state index contributed by atoms with van der Waals surface area (Å²) < 4.78 is 8.30. The number of nitrogens with zero attached hydrogens (tertiary/aromatic N) is 1. The van der Waals surface area contributed by atoms with E-state index < -0.39 is 0 Å². The average Bonchev–Trinajstić information content (AvgIpc) is 2.26. The second-order valence-corrected chi connectivity index (χ2v) is 5.04. The fraction of sp³-hybridized carbons (Fsp3) is 0.333. The van der Waals surface area contributed by atoms with Crippen molar-refractivity contribution in [2.75, 3.05) is 0 Å². The van der Waals surface area contributed by atoms with Gasteiger partial charge in [0.2, 0.25) is 0 Å². The van der Waals surface area contributed by atoms with E-state index in [1.165, 1.54) is 11.9 Å². The van der Waals surface area contributed by atoms with Crippen LogP contribution in [0.15, 0.2) is 28.1 Å². The van der Waals surface area contributed by atoms with Crippen molar-refractivity contribution in [3.05, 3.63) is 18.2 Å². The van der Waals surface area contributed by atoms with Gasteiger partial charge in [-0.3, -0.25) is 4.79 Å². The van der Waals surface area contributed by atoms with Crippen molar-refractivity contribution < 1.29 is 9.53 Å². The van der Waals surface area contributed by atoms with Gasteiger partial charge in [-0.25, -0.2) is 4.99 Å². The first-order valence-electron chi connectivity index (χ1n) is 5.63. The normalized spacial score (nSPS) is 17.9. The fourth-order valence-electron chi connectivity index (χ4n) is 1.78. The summed E-state index contributed by atoms with van der Waals surface area (Å²) >= 11 is 1.47. The van der Waals surface area contributed by atoms with Crippen LogP contribution in [-0.2, 0) is 4.79 Å². The van der Waals surface area contributed by atoms with Crippen LogP contribution < -0.4 is 9.46 Å². The molecule has 0 atom stereocenters. The summed E-state index contributed by atoms with van der Waals surface area (Å²) in [6.45, 7) is 0. The highest BCUT2D eigenvalue weighted by atomic mass is 32.2. The molecular weight excluding hydrogens is 236 g/mol. The van der Waals surface area contributed by atoms with E-state index in [0.717, 1.165) is 29.8 Å². The molecule has 1 aliphatic heterocycles. The van der Waals surface area contributed by atoms with Crippen LogP contribution in [0.5, 0.6) is 5.75 Å². The van der Waals surface area contributed by atoms with Gasteiger partial charge in [0, 0.05) is 0 Å². The topological polar surface area (TPSA) is 50.7 Å². The zero-order valence-electron chi connectivity index (χ0n) is 9.18. The van der Waals surface area contributed by atoms with E-state index in [4.69, 9.17) is 4.74 Å². The fourth-order valence-corrected chi connectivity index (χ4v) is 2.41. The molecule has 1 heterocycles. The van der Waals surface area contributed by atoms with Gasteiger partial charge < -0.3 is 9.46 Å². The largest absolute Gasteiger partial charge is 0.426 e. The third-order valence-electron chi connectivity index (χ3n) is 3.01. The Balaban J connectivity index is 1.75. The molecule has 1 aromatic rings. The van der Waals surface area contributed by atoms with E-state index in [2.05, 4.69) is 9.71 Å². The van der Waals surface area contributed by atoms with E-state index in [-0.39, 0.29) is 11.9 Å². The molecule has 1 saturated carbocycles. The molecular formula is C12H12N2O2S. The maximum Gasteiger partial charge on any atom is 0.314 e. The molecule has 17 heavy (non-hydrogen) atoms. The number of benzene rings is 1. The molecule has 0 amide bonds. The summed E-state index contributed by atoms with van der Waals surface area (Å²) in [6.07, 6.45) is 4.71. The second kappa shape index (κ2) is 4.41. The Bertz CT molecular complexity index is 483. The highest BCUT2D eigenvalue weighted by molar-refractivity contribution is 7.98. The van der Waals surface area contributed by atoms with Gasteiger partial charge in [-0.2, -0.15) is 0 Å². The number of aliphatic imine (C=N–C) groups is 1. The van der Waals surface area contributed by atoms with Crippen LogP contribution in [0.3, 0.4) is 0 Å². The third kappa shape index (κ3) is 2.15. The van der Waals surface area contributed by atoms with Gasteiger partial charge in [0.1, 0.15) is 5.75 Å². The van der Waals surface area contributed by atoms with Crippen LogP contribution in [0.2, 0.25) is 0 Å². The number of fused-ring (bicyclic) bond motifs is 1. The Morgan fingerprint density at radius 2 is 2.35 bits per heavy atom. The Morgan fingerprint density at radius 3 is 3.12 bits per heavy atom. The Hall–Kier alpha value is -1.49. The summed E-state index contributed by atoms with van der Waals surface area (Å²) in [6, 6.07) is 5.50. The van der Waals surface area contributed by atoms with Crippen molar-refractivity contribution >= 4 is 29.9 Å². The third-order valence-corrected chi connectivity index (χ3v) is 3.78. The van der Waals surface area contributed by atoms with Crippen LogP contribution in [0.4, 0.5) is 5.69 Å². The second-order valence-electron chi connectivity index (χ2n) is 4.16. The quantitative estimate of drug-likeness (QED) is 0.496. The summed E-state index contributed by atoms with van der Waals surface area (Å²) in [5, 5.41) is 0. The predicted molar refractivity (Wildman–Crippen MR) is 66.6 cm³/mol. The van der Waals surface area contributed by atoms with Crippen molar-refractivity contribution in [1.82, 2.24) is 4.72 Å². The van der Waals surface area contributed by atoms with E-state index in [9.17, 15) is 4.79 Å². The summed E-state index contributed by atoms with van der Waals surface area (Å²) in [4.78, 5) is 16.8. The number of ether oxygens (including phenoxy) is 1. The van der Waals surface area contributed by atoms with Crippen LogP contribution in [0.25, 0.3) is 0 Å². The zero-order chi connectivity index (χ0) is 11.7. The minimum atomic E-state index is -0.103. The smallest absolute Gasteiger partial charge is 0.314 e. The number of hydrogen-bond donors (Lipinski definition) is 1. The van der Waals surface area contributed by atoms with Crippen LogP contribution in [0, 0.1) is 5.92 Å². The lowest BCUT2D eigenvalue weighted by Crippen LogP contribution is -2.26. The molecule has 3 rings (SSSR count). The molecule has 2 aliphatic rings. The molecule has 0 radical (unpaired) electrons. The molecule has 5 heteroatoms. The minimum Gasteiger partial charge on any atom is -0.426 e. The van der Waals surface area contributed by atoms with Crippen LogP contribution in [-0.4, -0.2) is 12.3 Å². The van der Waals surface area contributed by atoms with E-state index >= 15 is 0 Å². The molecule has 4 nitrogen and oxygen atoms in total. The summed E-state index contributed by atoms with van der Waals surface area (Å²) in [7, 11) is 0. The molecule has 1 N–H and O–H groups in total. The number of carbonyl (C=O) groups excluding carboxylic acids is 1. The first-order valence-corrected chi connectivity index (χ1v) is 6.45. The average molecular weight is 248 g/mol. The molecule has 1 fully saturated rings. The first-order chi connectivity index (χ1) is 8.33. The van der Waals surface area contributed by atoms with Crippen LogP contribution in [0.1, 0.15) is 19.3 Å². The highest BCUT2D eigenvalue weighted by Gasteiger charge is 2.27. The van der Waals surface area contributed by atoms with Crippen molar-refractivity contribution in [2.45, 2.75) is 24.2 Å². The minimum absolute atomic E-state index is 0.103. The van der Waals surface area contributed by atoms with Gasteiger partial charge in [-0.05, 0) is 43.0 Å². The van der Waals surface area contributed by atoms with Gasteiger partial charge >= 0.3 is 5.97 Å². The Kier molecular flexibility index (Phi) is 2.76. The van der Waals surface area contributed by atoms with Gasteiger partial charge in [0.05, 0.1) is 22.8 Å². The molecule has 1 aliphatic carbocycles. The molecule has 0 bridgehead atoms. The van der Waals surface area contributed by atoms with Gasteiger partial charge in [0.15, 0.2) is 0 Å². The molecule has 88 valence electrons. The molecule has 0 unspecified atom stereocenters. The lowest BCUT2D eigenvalue weighted by Gasteiger charge is -2.23. The van der Waals surface area contributed by atoms with E-state index in [0.29, 0.717) is 5.75 Å². The van der Waals surface area contributed by atoms with E-state index in [1.807, 2.05) is 12.1 Å². The maximum absolute atomic E-state index is 11.7.